The van der Waals surface area contributed by atoms with Crippen molar-refractivity contribution in [2.75, 3.05) is 5.32 Å². The topological polar surface area (TPSA) is 58.2 Å². The number of amides is 2. The van der Waals surface area contributed by atoms with Crippen LogP contribution in [0.25, 0.3) is 0 Å². The van der Waals surface area contributed by atoms with Crippen LogP contribution < -0.4 is 10.6 Å². The second kappa shape index (κ2) is 7.85. The third kappa shape index (κ3) is 5.48. The van der Waals surface area contributed by atoms with Crippen molar-refractivity contribution in [3.05, 3.63) is 66.2 Å². The van der Waals surface area contributed by atoms with Gasteiger partial charge in [-0.2, -0.15) is 0 Å². The van der Waals surface area contributed by atoms with Crippen molar-refractivity contribution in [2.24, 2.45) is 0 Å². The van der Waals surface area contributed by atoms with Crippen LogP contribution in [0.4, 0.5) is 5.69 Å². The molecule has 2 aromatic rings. The molecule has 0 fully saturated rings. The summed E-state index contributed by atoms with van der Waals surface area (Å²) in [6, 6.07) is 18.9. The normalized spacial score (nSPS) is 9.90. The van der Waals surface area contributed by atoms with Crippen molar-refractivity contribution in [1.82, 2.24) is 5.32 Å². The van der Waals surface area contributed by atoms with Crippen molar-refractivity contribution < 1.29 is 9.59 Å². The molecule has 0 atom stereocenters. The third-order valence-corrected chi connectivity index (χ3v) is 2.97. The molecule has 0 bridgehead atoms. The molecule has 0 saturated heterocycles. The number of benzene rings is 2. The number of nitrogens with one attached hydrogen (secondary N) is 2. The first-order valence-corrected chi connectivity index (χ1v) is 6.89. The number of hydrogen-bond donors (Lipinski definition) is 2. The Hall–Kier alpha value is -2.62. The van der Waals surface area contributed by atoms with Gasteiger partial charge in [-0.05, 0) is 17.7 Å². The van der Waals surface area contributed by atoms with Crippen LogP contribution in [0.5, 0.6) is 0 Å². The Bertz CT molecular complexity index is 582. The number of anilines is 1. The van der Waals surface area contributed by atoms with E-state index in [1.54, 1.807) is 0 Å². The second-order valence-corrected chi connectivity index (χ2v) is 4.68. The maximum atomic E-state index is 11.7. The Morgan fingerprint density at radius 3 is 2.00 bits per heavy atom. The van der Waals surface area contributed by atoms with Gasteiger partial charge in [0.15, 0.2) is 0 Å². The predicted molar refractivity (Wildman–Crippen MR) is 82.6 cm³/mol. The lowest BCUT2D eigenvalue weighted by Gasteiger charge is -2.06. The van der Waals surface area contributed by atoms with Gasteiger partial charge in [0.1, 0.15) is 0 Å². The van der Waals surface area contributed by atoms with Gasteiger partial charge < -0.3 is 10.6 Å². The summed E-state index contributed by atoms with van der Waals surface area (Å²) < 4.78 is 0. The fourth-order valence-corrected chi connectivity index (χ4v) is 1.86. The SMILES string of the molecule is O=C(CCC(=O)Nc1ccccc1)NCc1ccccc1. The monoisotopic (exact) mass is 282 g/mol. The molecular weight excluding hydrogens is 264 g/mol. The molecule has 21 heavy (non-hydrogen) atoms. The molecule has 0 aromatic heterocycles. The zero-order chi connectivity index (χ0) is 14.9. The number of hydrogen-bond acceptors (Lipinski definition) is 2. The molecule has 0 radical (unpaired) electrons. The van der Waals surface area contributed by atoms with Crippen LogP contribution in [-0.2, 0) is 16.1 Å². The van der Waals surface area contributed by atoms with E-state index >= 15 is 0 Å². The van der Waals surface area contributed by atoms with E-state index in [4.69, 9.17) is 0 Å². The van der Waals surface area contributed by atoms with E-state index in [1.165, 1.54) is 0 Å². The molecule has 2 aromatic carbocycles. The van der Waals surface area contributed by atoms with Gasteiger partial charge >= 0.3 is 0 Å². The van der Waals surface area contributed by atoms with E-state index in [2.05, 4.69) is 10.6 Å². The standard InChI is InChI=1S/C17H18N2O2/c20-16(18-13-14-7-3-1-4-8-14)11-12-17(21)19-15-9-5-2-6-10-15/h1-10H,11-13H2,(H,18,20)(H,19,21). The molecule has 0 saturated carbocycles. The summed E-state index contributed by atoms with van der Waals surface area (Å²) in [5.41, 5.74) is 1.78. The van der Waals surface area contributed by atoms with Gasteiger partial charge in [-0.3, -0.25) is 9.59 Å². The lowest BCUT2D eigenvalue weighted by molar-refractivity contribution is -0.124. The highest BCUT2D eigenvalue weighted by molar-refractivity contribution is 5.93. The van der Waals surface area contributed by atoms with E-state index in [9.17, 15) is 9.59 Å². The summed E-state index contributed by atoms with van der Waals surface area (Å²) in [5.74, 6) is -0.280. The molecule has 0 heterocycles. The lowest BCUT2D eigenvalue weighted by atomic mass is 10.2. The zero-order valence-corrected chi connectivity index (χ0v) is 11.7. The predicted octanol–water partition coefficient (Wildman–Crippen LogP) is 2.72. The molecule has 0 unspecified atom stereocenters. The fraction of sp³-hybridized carbons (Fsp3) is 0.176. The van der Waals surface area contributed by atoms with Gasteiger partial charge in [0, 0.05) is 25.1 Å². The minimum atomic E-state index is -0.156. The summed E-state index contributed by atoms with van der Waals surface area (Å²) in [6.07, 6.45) is 0.362. The van der Waals surface area contributed by atoms with E-state index in [0.717, 1.165) is 11.3 Å². The van der Waals surface area contributed by atoms with Gasteiger partial charge in [-0.1, -0.05) is 48.5 Å². The Morgan fingerprint density at radius 2 is 1.33 bits per heavy atom. The minimum Gasteiger partial charge on any atom is -0.352 e. The Morgan fingerprint density at radius 1 is 0.762 bits per heavy atom. The average Bonchev–Trinajstić information content (AvgIpc) is 2.53. The summed E-state index contributed by atoms with van der Waals surface area (Å²) in [7, 11) is 0. The van der Waals surface area contributed by atoms with Crippen LogP contribution in [0.1, 0.15) is 18.4 Å². The van der Waals surface area contributed by atoms with E-state index in [0.29, 0.717) is 6.54 Å². The second-order valence-electron chi connectivity index (χ2n) is 4.68. The molecule has 2 N–H and O–H groups in total. The van der Waals surface area contributed by atoms with E-state index in [1.807, 2.05) is 60.7 Å². The number of rotatable bonds is 6. The maximum Gasteiger partial charge on any atom is 0.224 e. The molecule has 2 amide bonds. The van der Waals surface area contributed by atoms with Crippen molar-refractivity contribution in [3.8, 4) is 0 Å². The van der Waals surface area contributed by atoms with Gasteiger partial charge in [0.2, 0.25) is 11.8 Å². The molecule has 0 aliphatic heterocycles. The highest BCUT2D eigenvalue weighted by atomic mass is 16.2. The highest BCUT2D eigenvalue weighted by Gasteiger charge is 2.07. The zero-order valence-electron chi connectivity index (χ0n) is 11.7. The molecule has 0 aliphatic carbocycles. The van der Waals surface area contributed by atoms with Gasteiger partial charge in [-0.15, -0.1) is 0 Å². The molecule has 4 nitrogen and oxygen atoms in total. The third-order valence-electron chi connectivity index (χ3n) is 2.97. The summed E-state index contributed by atoms with van der Waals surface area (Å²) in [6.45, 7) is 0.486. The molecule has 0 spiro atoms. The van der Waals surface area contributed by atoms with Crippen LogP contribution in [-0.4, -0.2) is 11.8 Å². The minimum absolute atomic E-state index is 0.123. The molecular formula is C17H18N2O2. The quantitative estimate of drug-likeness (QED) is 0.856. The molecule has 2 rings (SSSR count). The van der Waals surface area contributed by atoms with E-state index < -0.39 is 0 Å². The van der Waals surface area contributed by atoms with Crippen LogP contribution in [0, 0.1) is 0 Å². The van der Waals surface area contributed by atoms with Crippen LogP contribution in [0.2, 0.25) is 0 Å². The van der Waals surface area contributed by atoms with Crippen molar-refractivity contribution >= 4 is 17.5 Å². The van der Waals surface area contributed by atoms with Crippen LogP contribution in [0.3, 0.4) is 0 Å². The Balaban J connectivity index is 1.68. The van der Waals surface area contributed by atoms with Crippen molar-refractivity contribution in [1.29, 1.82) is 0 Å². The molecule has 108 valence electrons. The first-order chi connectivity index (χ1) is 10.2. The smallest absolute Gasteiger partial charge is 0.224 e. The van der Waals surface area contributed by atoms with Gasteiger partial charge in [-0.25, -0.2) is 0 Å². The van der Waals surface area contributed by atoms with Gasteiger partial charge in [0.25, 0.3) is 0 Å². The average molecular weight is 282 g/mol. The fourth-order valence-electron chi connectivity index (χ4n) is 1.86. The molecule has 4 heteroatoms. The summed E-state index contributed by atoms with van der Waals surface area (Å²) in [4.78, 5) is 23.4. The van der Waals surface area contributed by atoms with Crippen molar-refractivity contribution in [3.63, 3.8) is 0 Å². The lowest BCUT2D eigenvalue weighted by Crippen LogP contribution is -2.24. The van der Waals surface area contributed by atoms with Crippen LogP contribution in [0.15, 0.2) is 60.7 Å². The maximum absolute atomic E-state index is 11.7. The Labute approximate surface area is 124 Å². The van der Waals surface area contributed by atoms with E-state index in [-0.39, 0.29) is 24.7 Å². The number of carbonyl (C=O) groups excluding carboxylic acids is 2. The van der Waals surface area contributed by atoms with Gasteiger partial charge in [0.05, 0.1) is 0 Å². The molecule has 0 aliphatic rings. The van der Waals surface area contributed by atoms with Crippen molar-refractivity contribution in [2.45, 2.75) is 19.4 Å². The van der Waals surface area contributed by atoms with Crippen LogP contribution >= 0.6 is 0 Å². The summed E-state index contributed by atoms with van der Waals surface area (Å²) in [5, 5.41) is 5.55. The number of para-hydroxylation sites is 1. The first kappa shape index (κ1) is 14.8. The number of carbonyl (C=O) groups is 2. The Kier molecular flexibility index (Phi) is 5.52. The summed E-state index contributed by atoms with van der Waals surface area (Å²) >= 11 is 0. The first-order valence-electron chi connectivity index (χ1n) is 6.89. The largest absolute Gasteiger partial charge is 0.352 e. The highest BCUT2D eigenvalue weighted by Crippen LogP contribution is 2.06.